The molecule has 0 aliphatic carbocycles. The predicted molar refractivity (Wildman–Crippen MR) is 62.1 cm³/mol. The van der Waals surface area contributed by atoms with Gasteiger partial charge in [0.05, 0.1) is 0 Å². The molecule has 4 nitrogen and oxygen atoms in total. The quantitative estimate of drug-likeness (QED) is 0.678. The first-order valence-corrected chi connectivity index (χ1v) is 4.09. The van der Waals surface area contributed by atoms with Crippen molar-refractivity contribution in [2.24, 2.45) is 5.73 Å². The van der Waals surface area contributed by atoms with Crippen molar-refractivity contribution in [2.75, 3.05) is 0 Å². The fraction of sp³-hybridized carbons (Fsp3) is 0. The standard InChI is InChI=1S/C7H7NO.C3H4N2.Pb.2H/c8-7(9)6-4-2-1-3-5-6;1-2-4-5-3-1;;;/h1-5H,(H2,8,9);1-3H,(H,4,5);;;. The van der Waals surface area contributed by atoms with Crippen LogP contribution < -0.4 is 5.73 Å². The van der Waals surface area contributed by atoms with Crippen molar-refractivity contribution in [2.45, 2.75) is 0 Å². The van der Waals surface area contributed by atoms with Crippen LogP contribution in [-0.2, 0) is 0 Å². The number of nitrogens with two attached hydrogens (primary N) is 1. The van der Waals surface area contributed by atoms with Gasteiger partial charge in [-0.25, -0.2) is 0 Å². The number of amides is 1. The Morgan fingerprint density at radius 1 is 1.20 bits per heavy atom. The van der Waals surface area contributed by atoms with Crippen LogP contribution in [0.4, 0.5) is 0 Å². The second kappa shape index (κ2) is 8.16. The minimum atomic E-state index is -0.379. The number of hydrogen-bond donors (Lipinski definition) is 2. The number of primary amides is 1. The van der Waals surface area contributed by atoms with E-state index in [9.17, 15) is 4.79 Å². The molecular formula is C10H13N3OPb. The fourth-order valence-electron chi connectivity index (χ4n) is 0.818. The summed E-state index contributed by atoms with van der Waals surface area (Å²) in [5.74, 6) is -0.379. The minimum Gasteiger partial charge on any atom is -0.286 e. The summed E-state index contributed by atoms with van der Waals surface area (Å²) in [6, 6.07) is 10.6. The van der Waals surface area contributed by atoms with E-state index in [1.165, 1.54) is 0 Å². The summed E-state index contributed by atoms with van der Waals surface area (Å²) in [5.41, 5.74) is 5.53. The average Bonchev–Trinajstić information content (AvgIpc) is 2.77. The minimum absolute atomic E-state index is 0. The number of rotatable bonds is 1. The second-order valence-corrected chi connectivity index (χ2v) is 2.50. The molecule has 0 fully saturated rings. The zero-order valence-electron chi connectivity index (χ0n) is 8.26. The summed E-state index contributed by atoms with van der Waals surface area (Å²) in [4.78, 5) is 10.4. The maximum atomic E-state index is 10.4. The van der Waals surface area contributed by atoms with Gasteiger partial charge in [0, 0.05) is 18.0 Å². The van der Waals surface area contributed by atoms with Gasteiger partial charge in [0.15, 0.2) is 0 Å². The SMILES string of the molecule is NC(=O)c1ccccc1.[PbH2].c1cn[nH]c1. The van der Waals surface area contributed by atoms with Gasteiger partial charge >= 0.3 is 27.3 Å². The molecule has 0 aliphatic heterocycles. The van der Waals surface area contributed by atoms with Crippen LogP contribution in [-0.4, -0.2) is 43.4 Å². The Kier molecular flexibility index (Phi) is 7.52. The first kappa shape index (κ1) is 13.8. The van der Waals surface area contributed by atoms with Gasteiger partial charge in [0.2, 0.25) is 5.91 Å². The summed E-state index contributed by atoms with van der Waals surface area (Å²) >= 11 is 0. The number of benzene rings is 1. The fourth-order valence-corrected chi connectivity index (χ4v) is 0.818. The molecule has 2 rings (SSSR count). The van der Waals surface area contributed by atoms with Crippen LogP contribution in [0, 0.1) is 0 Å². The average molecular weight is 398 g/mol. The van der Waals surface area contributed by atoms with Crippen molar-refractivity contribution in [1.82, 2.24) is 10.2 Å². The molecule has 0 spiro atoms. The van der Waals surface area contributed by atoms with Crippen molar-refractivity contribution in [1.29, 1.82) is 0 Å². The Bertz CT molecular complexity index is 344. The molecule has 0 unspecified atom stereocenters. The molecule has 5 heteroatoms. The van der Waals surface area contributed by atoms with Crippen LogP contribution in [0.1, 0.15) is 10.4 Å². The van der Waals surface area contributed by atoms with Crippen molar-refractivity contribution in [3.63, 3.8) is 0 Å². The van der Waals surface area contributed by atoms with Gasteiger partial charge in [-0.1, -0.05) is 18.2 Å². The van der Waals surface area contributed by atoms with Gasteiger partial charge < -0.3 is 5.73 Å². The summed E-state index contributed by atoms with van der Waals surface area (Å²) in [6.45, 7) is 0. The number of nitrogens with one attached hydrogen (secondary N) is 1. The van der Waals surface area contributed by atoms with Crippen LogP contribution in [0.15, 0.2) is 48.8 Å². The Hall–Kier alpha value is -1.18. The maximum Gasteiger partial charge on any atom is 0.0487 e. The summed E-state index contributed by atoms with van der Waals surface area (Å²) in [6.07, 6.45) is 3.46. The van der Waals surface area contributed by atoms with Crippen LogP contribution in [0.25, 0.3) is 0 Å². The van der Waals surface area contributed by atoms with Gasteiger partial charge in [-0.2, -0.15) is 5.10 Å². The van der Waals surface area contributed by atoms with Gasteiger partial charge in [-0.05, 0) is 18.2 Å². The van der Waals surface area contributed by atoms with Gasteiger partial charge in [-0.3, -0.25) is 9.89 Å². The molecule has 15 heavy (non-hydrogen) atoms. The number of carbonyl (C=O) groups is 1. The van der Waals surface area contributed by atoms with E-state index < -0.39 is 0 Å². The van der Waals surface area contributed by atoms with Crippen molar-refractivity contribution in [3.8, 4) is 0 Å². The Morgan fingerprint density at radius 2 is 1.87 bits per heavy atom. The first-order valence-electron chi connectivity index (χ1n) is 4.09. The van der Waals surface area contributed by atoms with E-state index in [4.69, 9.17) is 5.73 Å². The van der Waals surface area contributed by atoms with E-state index in [0.717, 1.165) is 0 Å². The molecule has 1 aromatic heterocycles. The predicted octanol–water partition coefficient (Wildman–Crippen LogP) is 0.279. The topological polar surface area (TPSA) is 71.8 Å². The van der Waals surface area contributed by atoms with E-state index >= 15 is 0 Å². The monoisotopic (exact) mass is 399 g/mol. The van der Waals surface area contributed by atoms with E-state index in [1.807, 2.05) is 12.1 Å². The third-order valence-corrected chi connectivity index (χ3v) is 1.46. The summed E-state index contributed by atoms with van der Waals surface area (Å²) in [5, 5.41) is 6.21. The molecule has 1 heterocycles. The maximum absolute atomic E-state index is 10.4. The summed E-state index contributed by atoms with van der Waals surface area (Å²) < 4.78 is 0. The first-order chi connectivity index (χ1) is 6.80. The van der Waals surface area contributed by atoms with E-state index in [2.05, 4.69) is 10.2 Å². The Balaban J connectivity index is 0.000000280. The molecule has 1 aromatic carbocycles. The zero-order valence-corrected chi connectivity index (χ0v) is 13.8. The second-order valence-electron chi connectivity index (χ2n) is 2.50. The number of hydrogen-bond acceptors (Lipinski definition) is 2. The van der Waals surface area contributed by atoms with Crippen molar-refractivity contribution < 1.29 is 4.79 Å². The molecule has 0 atom stereocenters. The normalized spacial score (nSPS) is 8.00. The molecule has 0 saturated carbocycles. The number of nitrogens with zero attached hydrogens (tertiary/aromatic N) is 1. The molecule has 0 aliphatic rings. The Labute approximate surface area is 108 Å². The van der Waals surface area contributed by atoms with Crippen molar-refractivity contribution in [3.05, 3.63) is 54.4 Å². The smallest absolute Gasteiger partial charge is 0.0487 e. The molecule has 0 bridgehead atoms. The van der Waals surface area contributed by atoms with Crippen LogP contribution in [0.3, 0.4) is 0 Å². The molecule has 3 N–H and O–H groups in total. The zero-order chi connectivity index (χ0) is 10.2. The van der Waals surface area contributed by atoms with Crippen LogP contribution in [0.2, 0.25) is 0 Å². The largest absolute Gasteiger partial charge is 0.286 e. The molecular weight excluding hydrogens is 385 g/mol. The number of carbonyl (C=O) groups excluding carboxylic acids is 1. The van der Waals surface area contributed by atoms with Crippen molar-refractivity contribution >= 4 is 33.2 Å². The van der Waals surface area contributed by atoms with E-state index in [0.29, 0.717) is 5.56 Å². The third kappa shape index (κ3) is 6.00. The molecule has 78 valence electrons. The van der Waals surface area contributed by atoms with Crippen LogP contribution >= 0.6 is 0 Å². The molecule has 0 saturated heterocycles. The molecule has 1 amide bonds. The number of aromatic amines is 1. The molecule has 2 radical (unpaired) electrons. The van der Waals surface area contributed by atoms with E-state index in [1.54, 1.807) is 36.7 Å². The molecule has 2 aromatic rings. The van der Waals surface area contributed by atoms with Crippen LogP contribution in [0.5, 0.6) is 0 Å². The third-order valence-electron chi connectivity index (χ3n) is 1.46. The van der Waals surface area contributed by atoms with Gasteiger partial charge in [0.1, 0.15) is 0 Å². The Morgan fingerprint density at radius 3 is 2.13 bits per heavy atom. The number of aromatic nitrogens is 2. The number of H-pyrrole nitrogens is 1. The van der Waals surface area contributed by atoms with Gasteiger partial charge in [0.25, 0.3) is 0 Å². The van der Waals surface area contributed by atoms with E-state index in [-0.39, 0.29) is 33.2 Å². The summed E-state index contributed by atoms with van der Waals surface area (Å²) in [7, 11) is 0. The van der Waals surface area contributed by atoms with Gasteiger partial charge in [-0.15, -0.1) is 0 Å².